The Hall–Kier alpha value is -0.280. The van der Waals surface area contributed by atoms with Gasteiger partial charge in [0.2, 0.25) is 0 Å². The van der Waals surface area contributed by atoms with Crippen LogP contribution in [0.15, 0.2) is 21.2 Å². The lowest BCUT2D eigenvalue weighted by molar-refractivity contribution is 0.479. The molecule has 3 heteroatoms. The van der Waals surface area contributed by atoms with E-state index in [0.717, 1.165) is 10.2 Å². The second-order valence-corrected chi connectivity index (χ2v) is 2.87. The van der Waals surface area contributed by atoms with E-state index in [2.05, 4.69) is 15.9 Å². The maximum atomic E-state index is 5.51. The average molecular weight is 190 g/mol. The van der Waals surface area contributed by atoms with Crippen LogP contribution in [0.4, 0.5) is 0 Å². The Labute approximate surface area is 62.2 Å². The first-order chi connectivity index (χ1) is 4.20. The second-order valence-electron chi connectivity index (χ2n) is 1.96. The van der Waals surface area contributed by atoms with Crippen LogP contribution >= 0.6 is 15.9 Å². The first-order valence-electron chi connectivity index (χ1n) is 2.69. The van der Waals surface area contributed by atoms with Crippen LogP contribution in [0.1, 0.15) is 18.7 Å². The van der Waals surface area contributed by atoms with Gasteiger partial charge >= 0.3 is 0 Å². The zero-order chi connectivity index (χ0) is 6.85. The highest BCUT2D eigenvalue weighted by atomic mass is 79.9. The Morgan fingerprint density at radius 3 is 2.67 bits per heavy atom. The number of rotatable bonds is 1. The summed E-state index contributed by atoms with van der Waals surface area (Å²) in [5.74, 6) is 0.807. The molecule has 50 valence electrons. The van der Waals surface area contributed by atoms with Crippen LogP contribution in [-0.2, 0) is 0 Å². The van der Waals surface area contributed by atoms with Crippen LogP contribution in [0.5, 0.6) is 0 Å². The fourth-order valence-corrected chi connectivity index (χ4v) is 0.886. The third-order valence-corrected chi connectivity index (χ3v) is 1.45. The number of hydrogen-bond acceptors (Lipinski definition) is 2. The molecule has 1 unspecified atom stereocenters. The summed E-state index contributed by atoms with van der Waals surface area (Å²) >= 11 is 3.25. The van der Waals surface area contributed by atoms with Crippen LogP contribution in [0, 0.1) is 0 Å². The van der Waals surface area contributed by atoms with Crippen LogP contribution < -0.4 is 5.73 Å². The summed E-state index contributed by atoms with van der Waals surface area (Å²) in [6.45, 7) is 1.88. The molecule has 0 spiro atoms. The minimum Gasteiger partial charge on any atom is -0.466 e. The van der Waals surface area contributed by atoms with E-state index in [0.29, 0.717) is 0 Å². The van der Waals surface area contributed by atoms with Gasteiger partial charge in [0.15, 0.2) is 0 Å². The molecule has 0 radical (unpaired) electrons. The smallest absolute Gasteiger partial charge is 0.121 e. The standard InChI is InChI=1S/C6H8BrNO/c1-4(8)6-2-5(7)3-9-6/h2-4H,8H2,1H3. The molecule has 1 atom stereocenters. The first-order valence-corrected chi connectivity index (χ1v) is 3.49. The van der Waals surface area contributed by atoms with E-state index in [1.54, 1.807) is 6.26 Å². The van der Waals surface area contributed by atoms with Gasteiger partial charge in [0.05, 0.1) is 10.5 Å². The Balaban J connectivity index is 2.85. The molecule has 0 aliphatic carbocycles. The van der Waals surface area contributed by atoms with Crippen molar-refractivity contribution in [2.75, 3.05) is 0 Å². The van der Waals surface area contributed by atoms with Gasteiger partial charge in [0, 0.05) is 0 Å². The van der Waals surface area contributed by atoms with Gasteiger partial charge in [-0.3, -0.25) is 0 Å². The van der Waals surface area contributed by atoms with Gasteiger partial charge in [-0.25, -0.2) is 0 Å². The van der Waals surface area contributed by atoms with Crippen LogP contribution in [0.25, 0.3) is 0 Å². The molecule has 0 saturated carbocycles. The molecular weight excluding hydrogens is 182 g/mol. The van der Waals surface area contributed by atoms with E-state index in [4.69, 9.17) is 10.2 Å². The average Bonchev–Trinajstić information content (AvgIpc) is 2.14. The molecule has 0 bridgehead atoms. The van der Waals surface area contributed by atoms with E-state index < -0.39 is 0 Å². The highest BCUT2D eigenvalue weighted by Gasteiger charge is 2.02. The fraction of sp³-hybridized carbons (Fsp3) is 0.333. The molecule has 0 fully saturated rings. The Morgan fingerprint density at radius 1 is 1.78 bits per heavy atom. The Morgan fingerprint density at radius 2 is 2.44 bits per heavy atom. The Bertz CT molecular complexity index is 195. The van der Waals surface area contributed by atoms with Crippen molar-refractivity contribution >= 4 is 15.9 Å². The summed E-state index contributed by atoms with van der Waals surface area (Å²) < 4.78 is 5.99. The van der Waals surface area contributed by atoms with Gasteiger partial charge in [0.1, 0.15) is 12.0 Å². The number of nitrogens with two attached hydrogens (primary N) is 1. The highest BCUT2D eigenvalue weighted by Crippen LogP contribution is 2.17. The molecule has 1 aromatic heterocycles. The van der Waals surface area contributed by atoms with Crippen LogP contribution in [-0.4, -0.2) is 0 Å². The quantitative estimate of drug-likeness (QED) is 0.735. The van der Waals surface area contributed by atoms with E-state index in [-0.39, 0.29) is 6.04 Å². The monoisotopic (exact) mass is 189 g/mol. The molecule has 9 heavy (non-hydrogen) atoms. The summed E-state index contributed by atoms with van der Waals surface area (Å²) in [6.07, 6.45) is 1.62. The van der Waals surface area contributed by atoms with E-state index in [9.17, 15) is 0 Å². The fourth-order valence-electron chi connectivity index (χ4n) is 0.567. The Kier molecular flexibility index (Phi) is 1.93. The molecule has 1 heterocycles. The van der Waals surface area contributed by atoms with Gasteiger partial charge in [0.25, 0.3) is 0 Å². The topological polar surface area (TPSA) is 39.2 Å². The summed E-state index contributed by atoms with van der Waals surface area (Å²) in [7, 11) is 0. The third-order valence-electron chi connectivity index (χ3n) is 1.04. The number of hydrogen-bond donors (Lipinski definition) is 1. The zero-order valence-electron chi connectivity index (χ0n) is 5.10. The summed E-state index contributed by atoms with van der Waals surface area (Å²) in [5.41, 5.74) is 5.51. The minimum atomic E-state index is -0.0173. The van der Waals surface area contributed by atoms with Crippen molar-refractivity contribution in [3.05, 3.63) is 22.6 Å². The van der Waals surface area contributed by atoms with Crippen molar-refractivity contribution in [3.63, 3.8) is 0 Å². The summed E-state index contributed by atoms with van der Waals surface area (Å²) in [6, 6.07) is 1.85. The van der Waals surface area contributed by atoms with Gasteiger partial charge in [-0.05, 0) is 28.9 Å². The zero-order valence-corrected chi connectivity index (χ0v) is 6.68. The lowest BCUT2D eigenvalue weighted by Crippen LogP contribution is -2.02. The molecule has 1 rings (SSSR count). The van der Waals surface area contributed by atoms with Crippen molar-refractivity contribution in [2.45, 2.75) is 13.0 Å². The molecule has 0 aromatic carbocycles. The normalized spacial score (nSPS) is 13.7. The van der Waals surface area contributed by atoms with Gasteiger partial charge in [-0.2, -0.15) is 0 Å². The minimum absolute atomic E-state index is 0.0173. The van der Waals surface area contributed by atoms with Gasteiger partial charge < -0.3 is 10.2 Å². The third kappa shape index (κ3) is 1.56. The van der Waals surface area contributed by atoms with Crippen molar-refractivity contribution in [3.8, 4) is 0 Å². The first kappa shape index (κ1) is 6.83. The molecule has 0 saturated heterocycles. The predicted molar refractivity (Wildman–Crippen MR) is 39.0 cm³/mol. The SMILES string of the molecule is CC(N)c1cc(Br)co1. The lowest BCUT2D eigenvalue weighted by atomic mass is 10.3. The second kappa shape index (κ2) is 2.54. The van der Waals surface area contributed by atoms with Gasteiger partial charge in [-0.1, -0.05) is 0 Å². The molecule has 1 aromatic rings. The lowest BCUT2D eigenvalue weighted by Gasteiger charge is -1.95. The molecule has 2 N–H and O–H groups in total. The van der Waals surface area contributed by atoms with Gasteiger partial charge in [-0.15, -0.1) is 0 Å². The van der Waals surface area contributed by atoms with Crippen molar-refractivity contribution in [1.29, 1.82) is 0 Å². The number of furan rings is 1. The molecule has 2 nitrogen and oxygen atoms in total. The summed E-state index contributed by atoms with van der Waals surface area (Å²) in [5, 5.41) is 0. The van der Waals surface area contributed by atoms with Crippen molar-refractivity contribution in [1.82, 2.24) is 0 Å². The molecule has 0 amide bonds. The van der Waals surface area contributed by atoms with Crippen LogP contribution in [0.2, 0.25) is 0 Å². The van der Waals surface area contributed by atoms with E-state index in [1.165, 1.54) is 0 Å². The van der Waals surface area contributed by atoms with E-state index >= 15 is 0 Å². The maximum absolute atomic E-state index is 5.51. The predicted octanol–water partition coefficient (Wildman–Crippen LogP) is 2.06. The van der Waals surface area contributed by atoms with E-state index in [1.807, 2.05) is 13.0 Å². The molecular formula is C6H8BrNO. The molecule has 0 aliphatic heterocycles. The van der Waals surface area contributed by atoms with Crippen LogP contribution in [0.3, 0.4) is 0 Å². The van der Waals surface area contributed by atoms with Crippen molar-refractivity contribution in [2.24, 2.45) is 5.73 Å². The molecule has 0 aliphatic rings. The summed E-state index contributed by atoms with van der Waals surface area (Å²) in [4.78, 5) is 0. The number of halogens is 1. The largest absolute Gasteiger partial charge is 0.466 e. The maximum Gasteiger partial charge on any atom is 0.121 e. The highest BCUT2D eigenvalue weighted by molar-refractivity contribution is 9.10. The van der Waals surface area contributed by atoms with Crippen molar-refractivity contribution < 1.29 is 4.42 Å².